The Labute approximate surface area is 233 Å². The lowest BCUT2D eigenvalue weighted by Gasteiger charge is -2.33. The van der Waals surface area contributed by atoms with E-state index in [9.17, 15) is 14.0 Å². The smallest absolute Gasteiger partial charge is 0.247 e. The van der Waals surface area contributed by atoms with E-state index in [1.54, 1.807) is 25.3 Å². The van der Waals surface area contributed by atoms with Crippen LogP contribution in [-0.2, 0) is 20.9 Å². The van der Waals surface area contributed by atoms with Gasteiger partial charge in [0.05, 0.1) is 14.2 Å². The summed E-state index contributed by atoms with van der Waals surface area (Å²) in [7, 11) is 3.07. The van der Waals surface area contributed by atoms with Gasteiger partial charge in [-0.3, -0.25) is 9.59 Å². The lowest BCUT2D eigenvalue weighted by molar-refractivity contribution is -0.142. The van der Waals surface area contributed by atoms with Crippen LogP contribution in [0.4, 0.5) is 4.39 Å². The number of tetrazole rings is 1. The molecule has 0 aliphatic rings. The summed E-state index contributed by atoms with van der Waals surface area (Å²) in [6.45, 7) is 8.32. The third-order valence-electron chi connectivity index (χ3n) is 5.83. The SMILES string of the molecule is CCOCCCN(C(=O)Cn1nnc(-c2ccc(OC)c(OC)c2)n1)[C@@H](C(=O)NC(C)(C)C)c1ccc(F)cc1. The highest BCUT2D eigenvalue weighted by molar-refractivity contribution is 5.89. The number of rotatable bonds is 13. The van der Waals surface area contributed by atoms with Crippen molar-refractivity contribution in [3.8, 4) is 22.9 Å². The predicted octanol–water partition coefficient (Wildman–Crippen LogP) is 3.41. The summed E-state index contributed by atoms with van der Waals surface area (Å²) in [5.74, 6) is 0.101. The first-order valence-electron chi connectivity index (χ1n) is 13.0. The second-order valence-corrected chi connectivity index (χ2v) is 10.0. The van der Waals surface area contributed by atoms with Gasteiger partial charge < -0.3 is 24.4 Å². The fraction of sp³-hybridized carbons (Fsp3) is 0.464. The molecular formula is C28H37FN6O5. The molecule has 1 atom stereocenters. The number of methoxy groups -OCH3 is 2. The van der Waals surface area contributed by atoms with Gasteiger partial charge in [-0.15, -0.1) is 10.2 Å². The summed E-state index contributed by atoms with van der Waals surface area (Å²) in [5, 5.41) is 15.5. The van der Waals surface area contributed by atoms with Crippen molar-refractivity contribution in [2.75, 3.05) is 34.0 Å². The molecule has 2 aromatic carbocycles. The minimum absolute atomic E-state index is 0.218. The van der Waals surface area contributed by atoms with Gasteiger partial charge in [0.2, 0.25) is 17.6 Å². The van der Waals surface area contributed by atoms with E-state index in [4.69, 9.17) is 14.2 Å². The van der Waals surface area contributed by atoms with E-state index >= 15 is 0 Å². The lowest BCUT2D eigenvalue weighted by atomic mass is 10.0. The molecule has 2 amide bonds. The Balaban J connectivity index is 1.91. The topological polar surface area (TPSA) is 121 Å². The summed E-state index contributed by atoms with van der Waals surface area (Å²) >= 11 is 0. The minimum atomic E-state index is -1.01. The number of hydrogen-bond acceptors (Lipinski definition) is 8. The molecule has 0 unspecified atom stereocenters. The quantitative estimate of drug-likeness (QED) is 0.318. The van der Waals surface area contributed by atoms with E-state index in [-0.39, 0.29) is 24.8 Å². The van der Waals surface area contributed by atoms with Crippen LogP contribution in [0.25, 0.3) is 11.4 Å². The molecule has 0 aliphatic carbocycles. The first-order chi connectivity index (χ1) is 19.1. The maximum atomic E-state index is 13.8. The van der Waals surface area contributed by atoms with Crippen molar-refractivity contribution in [2.24, 2.45) is 0 Å². The highest BCUT2D eigenvalue weighted by Gasteiger charge is 2.33. The van der Waals surface area contributed by atoms with Gasteiger partial charge in [-0.2, -0.15) is 4.80 Å². The molecule has 12 heteroatoms. The molecule has 3 aromatic rings. The van der Waals surface area contributed by atoms with Crippen LogP contribution in [0.2, 0.25) is 0 Å². The third kappa shape index (κ3) is 8.22. The van der Waals surface area contributed by atoms with Crippen LogP contribution in [-0.4, -0.2) is 76.4 Å². The van der Waals surface area contributed by atoms with Crippen LogP contribution in [0.3, 0.4) is 0 Å². The Morgan fingerprint density at radius 1 is 1.07 bits per heavy atom. The zero-order valence-corrected chi connectivity index (χ0v) is 23.8. The second-order valence-electron chi connectivity index (χ2n) is 10.0. The van der Waals surface area contributed by atoms with E-state index in [2.05, 4.69) is 20.7 Å². The molecule has 0 aliphatic heterocycles. The summed E-state index contributed by atoms with van der Waals surface area (Å²) < 4.78 is 29.8. The van der Waals surface area contributed by atoms with E-state index in [1.165, 1.54) is 41.1 Å². The number of carbonyl (C=O) groups is 2. The van der Waals surface area contributed by atoms with Crippen LogP contribution in [0.15, 0.2) is 42.5 Å². The molecule has 1 aromatic heterocycles. The van der Waals surface area contributed by atoms with Crippen LogP contribution >= 0.6 is 0 Å². The number of carbonyl (C=O) groups excluding carboxylic acids is 2. The number of ether oxygens (including phenoxy) is 3. The molecule has 216 valence electrons. The van der Waals surface area contributed by atoms with Gasteiger partial charge in [-0.25, -0.2) is 4.39 Å². The number of nitrogens with zero attached hydrogens (tertiary/aromatic N) is 5. The van der Waals surface area contributed by atoms with Crippen LogP contribution in [0, 0.1) is 5.82 Å². The Morgan fingerprint density at radius 3 is 2.40 bits per heavy atom. The molecule has 1 N–H and O–H groups in total. The molecule has 40 heavy (non-hydrogen) atoms. The monoisotopic (exact) mass is 556 g/mol. The van der Waals surface area contributed by atoms with E-state index < -0.39 is 23.3 Å². The number of aromatic nitrogens is 4. The molecule has 0 saturated heterocycles. The molecule has 0 spiro atoms. The fourth-order valence-electron chi connectivity index (χ4n) is 4.05. The molecular weight excluding hydrogens is 519 g/mol. The van der Waals surface area contributed by atoms with E-state index in [0.29, 0.717) is 42.3 Å². The normalized spacial score (nSPS) is 12.1. The standard InChI is InChI=1S/C28H37FN6O5/c1-7-40-16-8-15-34(25(27(37)30-28(2,3)4)19-9-12-21(29)13-10-19)24(36)18-35-32-26(31-33-35)20-11-14-22(38-5)23(17-20)39-6/h9-14,17,25H,7-8,15-16,18H2,1-6H3,(H,30,37)/t25-/m1/s1. The van der Waals surface area contributed by atoms with Gasteiger partial charge in [0.1, 0.15) is 18.4 Å². The summed E-state index contributed by atoms with van der Waals surface area (Å²) in [6.07, 6.45) is 0.488. The number of hydrogen-bond donors (Lipinski definition) is 1. The van der Waals surface area contributed by atoms with Crippen molar-refractivity contribution in [1.29, 1.82) is 0 Å². The average molecular weight is 557 g/mol. The van der Waals surface area contributed by atoms with Crippen LogP contribution in [0.5, 0.6) is 11.5 Å². The highest BCUT2D eigenvalue weighted by atomic mass is 19.1. The number of nitrogens with one attached hydrogen (secondary N) is 1. The van der Waals surface area contributed by atoms with Crippen molar-refractivity contribution >= 4 is 11.8 Å². The molecule has 0 fully saturated rings. The maximum Gasteiger partial charge on any atom is 0.247 e. The zero-order chi connectivity index (χ0) is 29.3. The fourth-order valence-corrected chi connectivity index (χ4v) is 4.05. The Hall–Kier alpha value is -4.06. The predicted molar refractivity (Wildman–Crippen MR) is 146 cm³/mol. The van der Waals surface area contributed by atoms with Gasteiger partial charge >= 0.3 is 0 Å². The molecule has 11 nitrogen and oxygen atoms in total. The molecule has 3 rings (SSSR count). The average Bonchev–Trinajstić information content (AvgIpc) is 3.38. The maximum absolute atomic E-state index is 13.8. The second kappa shape index (κ2) is 13.8. The first-order valence-corrected chi connectivity index (χ1v) is 13.0. The van der Waals surface area contributed by atoms with Crippen LogP contribution < -0.4 is 14.8 Å². The molecule has 1 heterocycles. The summed E-state index contributed by atoms with van der Waals surface area (Å²) in [4.78, 5) is 29.9. The Kier molecular flexibility index (Phi) is 10.5. The van der Waals surface area contributed by atoms with Crippen LogP contribution in [0.1, 0.15) is 45.7 Å². The Morgan fingerprint density at radius 2 is 1.77 bits per heavy atom. The van der Waals surface area contributed by atoms with Crippen molar-refractivity contribution < 1.29 is 28.2 Å². The van der Waals surface area contributed by atoms with Gasteiger partial charge in [-0.1, -0.05) is 12.1 Å². The lowest BCUT2D eigenvalue weighted by Crippen LogP contribution is -2.50. The van der Waals surface area contributed by atoms with Crippen molar-refractivity contribution in [3.05, 3.63) is 53.8 Å². The largest absolute Gasteiger partial charge is 0.493 e. The van der Waals surface area contributed by atoms with Crippen molar-refractivity contribution in [2.45, 2.75) is 52.2 Å². The van der Waals surface area contributed by atoms with Crippen molar-refractivity contribution in [1.82, 2.24) is 30.4 Å². The number of amides is 2. The molecule has 0 radical (unpaired) electrons. The number of halogens is 1. The van der Waals surface area contributed by atoms with Gasteiger partial charge in [-0.05, 0) is 75.2 Å². The third-order valence-corrected chi connectivity index (χ3v) is 5.83. The van der Waals surface area contributed by atoms with Gasteiger partial charge in [0.15, 0.2) is 11.5 Å². The summed E-state index contributed by atoms with van der Waals surface area (Å²) in [6, 6.07) is 9.73. The minimum Gasteiger partial charge on any atom is -0.493 e. The summed E-state index contributed by atoms with van der Waals surface area (Å²) in [5.41, 5.74) is 0.543. The zero-order valence-electron chi connectivity index (χ0n) is 23.8. The van der Waals surface area contributed by atoms with E-state index in [1.807, 2.05) is 27.7 Å². The van der Waals surface area contributed by atoms with Gasteiger partial charge in [0.25, 0.3) is 0 Å². The van der Waals surface area contributed by atoms with Gasteiger partial charge in [0, 0.05) is 30.9 Å². The Bertz CT molecular complexity index is 1270. The van der Waals surface area contributed by atoms with E-state index in [0.717, 1.165) is 0 Å². The molecule has 0 saturated carbocycles. The highest BCUT2D eigenvalue weighted by Crippen LogP contribution is 2.31. The van der Waals surface area contributed by atoms with Crippen molar-refractivity contribution in [3.63, 3.8) is 0 Å². The molecule has 0 bridgehead atoms. The number of benzene rings is 2. The first kappa shape index (κ1) is 30.5.